The van der Waals surface area contributed by atoms with Crippen LogP contribution in [0.2, 0.25) is 0 Å². The van der Waals surface area contributed by atoms with E-state index in [-0.39, 0.29) is 23.0 Å². The van der Waals surface area contributed by atoms with Crippen LogP contribution in [0.25, 0.3) is 6.08 Å². The highest BCUT2D eigenvalue weighted by molar-refractivity contribution is 5.87. The van der Waals surface area contributed by atoms with E-state index in [1.807, 2.05) is 0 Å². The van der Waals surface area contributed by atoms with Crippen molar-refractivity contribution in [1.29, 1.82) is 0 Å². The van der Waals surface area contributed by atoms with Crippen LogP contribution in [0.3, 0.4) is 0 Å². The van der Waals surface area contributed by atoms with Crippen molar-refractivity contribution in [3.05, 3.63) is 54.1 Å². The van der Waals surface area contributed by atoms with Crippen LogP contribution in [0.5, 0.6) is 23.0 Å². The lowest BCUT2D eigenvalue weighted by Gasteiger charge is -2.39. The summed E-state index contributed by atoms with van der Waals surface area (Å²) < 4.78 is 15.9. The van der Waals surface area contributed by atoms with Gasteiger partial charge in [0, 0.05) is 6.08 Å². The first-order valence-corrected chi connectivity index (χ1v) is 9.27. The quantitative estimate of drug-likeness (QED) is 0.211. The van der Waals surface area contributed by atoms with Crippen molar-refractivity contribution in [2.24, 2.45) is 0 Å². The summed E-state index contributed by atoms with van der Waals surface area (Å²) in [5.74, 6) is -1.19. The molecule has 1 saturated heterocycles. The highest BCUT2D eigenvalue weighted by atomic mass is 16.7. The highest BCUT2D eigenvalue weighted by Gasteiger charge is 2.45. The highest BCUT2D eigenvalue weighted by Crippen LogP contribution is 2.26. The van der Waals surface area contributed by atoms with E-state index in [1.54, 1.807) is 0 Å². The average Bonchev–Trinajstić information content (AvgIpc) is 2.75. The van der Waals surface area contributed by atoms with Crippen molar-refractivity contribution in [2.45, 2.75) is 30.7 Å². The molecule has 2 aromatic carbocycles. The third-order valence-electron chi connectivity index (χ3n) is 4.56. The first-order chi connectivity index (χ1) is 14.7. The van der Waals surface area contributed by atoms with Gasteiger partial charge in [-0.05, 0) is 48.0 Å². The maximum absolute atomic E-state index is 11.9. The lowest BCUT2D eigenvalue weighted by molar-refractivity contribution is -0.278. The minimum Gasteiger partial charge on any atom is -0.508 e. The number of phenols is 3. The number of benzene rings is 2. The molecule has 1 heterocycles. The Morgan fingerprint density at radius 2 is 1.65 bits per heavy atom. The summed E-state index contributed by atoms with van der Waals surface area (Å²) in [5, 5.41) is 58.3. The Balaban J connectivity index is 1.58. The number of phenolic OH excluding ortho intramolecular Hbond substituents is 3. The van der Waals surface area contributed by atoms with E-state index in [2.05, 4.69) is 0 Å². The zero-order chi connectivity index (χ0) is 22.5. The van der Waals surface area contributed by atoms with Gasteiger partial charge in [-0.1, -0.05) is 6.07 Å². The molecule has 2 aromatic rings. The summed E-state index contributed by atoms with van der Waals surface area (Å²) in [6.07, 6.45) is -4.86. The van der Waals surface area contributed by atoms with Gasteiger partial charge < -0.3 is 44.8 Å². The lowest BCUT2D eigenvalue weighted by Crippen LogP contribution is -2.60. The number of carbonyl (C=O) groups excluding carboxylic acids is 1. The Morgan fingerprint density at radius 3 is 2.32 bits per heavy atom. The number of aromatic hydroxyl groups is 3. The van der Waals surface area contributed by atoms with Crippen LogP contribution in [0.4, 0.5) is 0 Å². The maximum atomic E-state index is 11.9. The summed E-state index contributed by atoms with van der Waals surface area (Å²) in [7, 11) is 0. The van der Waals surface area contributed by atoms with E-state index in [0.29, 0.717) is 5.56 Å². The van der Waals surface area contributed by atoms with Crippen molar-refractivity contribution in [2.75, 3.05) is 6.61 Å². The molecule has 166 valence electrons. The molecule has 5 atom stereocenters. The molecule has 0 unspecified atom stereocenters. The molecule has 1 aliphatic heterocycles. The van der Waals surface area contributed by atoms with Crippen molar-refractivity contribution in [1.82, 2.24) is 0 Å². The Kier molecular flexibility index (Phi) is 6.98. The molecule has 0 amide bonds. The van der Waals surface area contributed by atoms with Gasteiger partial charge in [0.05, 0.1) is 0 Å². The fourth-order valence-electron chi connectivity index (χ4n) is 2.83. The number of carbonyl (C=O) groups is 1. The van der Waals surface area contributed by atoms with E-state index < -0.39 is 43.3 Å². The zero-order valence-electron chi connectivity index (χ0n) is 16.1. The third kappa shape index (κ3) is 5.64. The van der Waals surface area contributed by atoms with Crippen LogP contribution in [-0.4, -0.2) is 73.9 Å². The van der Waals surface area contributed by atoms with Crippen LogP contribution in [0.1, 0.15) is 5.56 Å². The number of esters is 1. The molecular weight excluding hydrogens is 412 g/mol. The molecule has 0 spiro atoms. The fraction of sp³-hybridized carbons (Fsp3) is 0.286. The van der Waals surface area contributed by atoms with E-state index in [0.717, 1.165) is 6.08 Å². The summed E-state index contributed by atoms with van der Waals surface area (Å²) in [6, 6.07) is 9.53. The van der Waals surface area contributed by atoms with Gasteiger partial charge in [0.15, 0.2) is 11.5 Å². The van der Waals surface area contributed by atoms with Gasteiger partial charge in [0.2, 0.25) is 6.29 Å². The Labute approximate surface area is 176 Å². The smallest absolute Gasteiger partial charge is 0.330 e. The van der Waals surface area contributed by atoms with Gasteiger partial charge >= 0.3 is 5.97 Å². The molecule has 10 nitrogen and oxygen atoms in total. The predicted octanol–water partition coefficient (Wildman–Crippen LogP) is 0.246. The second-order valence-corrected chi connectivity index (χ2v) is 6.84. The van der Waals surface area contributed by atoms with Gasteiger partial charge in [0.1, 0.15) is 42.5 Å². The van der Waals surface area contributed by atoms with E-state index >= 15 is 0 Å². The van der Waals surface area contributed by atoms with Crippen LogP contribution in [0, 0.1) is 0 Å². The molecule has 10 heteroatoms. The average molecular weight is 434 g/mol. The molecule has 0 radical (unpaired) electrons. The monoisotopic (exact) mass is 434 g/mol. The van der Waals surface area contributed by atoms with E-state index in [9.17, 15) is 35.4 Å². The number of aliphatic hydroxyl groups is 3. The molecule has 3 rings (SSSR count). The second-order valence-electron chi connectivity index (χ2n) is 6.84. The van der Waals surface area contributed by atoms with Crippen LogP contribution < -0.4 is 4.74 Å². The van der Waals surface area contributed by atoms with Gasteiger partial charge in [0.25, 0.3) is 0 Å². The second kappa shape index (κ2) is 9.67. The van der Waals surface area contributed by atoms with E-state index in [1.165, 1.54) is 48.5 Å². The molecular formula is C21H22O10. The zero-order valence-corrected chi connectivity index (χ0v) is 16.1. The molecule has 0 saturated carbocycles. The first-order valence-electron chi connectivity index (χ1n) is 9.27. The number of aliphatic hydroxyl groups excluding tert-OH is 3. The van der Waals surface area contributed by atoms with Crippen molar-refractivity contribution < 1.29 is 49.6 Å². The topological polar surface area (TPSA) is 166 Å². The molecule has 1 aliphatic rings. The minimum atomic E-state index is -1.62. The molecule has 31 heavy (non-hydrogen) atoms. The standard InChI is InChI=1S/C21H22O10/c22-12-3-5-13(6-4-12)30-21-20(28)19(27)18(26)16(31-21)10-29-17(25)8-2-11-1-7-14(23)15(24)9-11/h1-9,16,18-24,26-28H,10H2/b8-2+/t16-,18-,19+,20-,21-/m1/s1. The molecule has 0 aliphatic carbocycles. The van der Waals surface area contributed by atoms with Crippen molar-refractivity contribution >= 4 is 12.0 Å². The third-order valence-corrected chi connectivity index (χ3v) is 4.56. The summed E-state index contributed by atoms with van der Waals surface area (Å²) in [4.78, 5) is 11.9. The van der Waals surface area contributed by atoms with E-state index in [4.69, 9.17) is 14.2 Å². The number of hydrogen-bond acceptors (Lipinski definition) is 10. The molecule has 0 aromatic heterocycles. The predicted molar refractivity (Wildman–Crippen MR) is 105 cm³/mol. The van der Waals surface area contributed by atoms with Gasteiger partial charge in [-0.25, -0.2) is 4.79 Å². The normalized spacial score (nSPS) is 26.0. The fourth-order valence-corrected chi connectivity index (χ4v) is 2.83. The number of hydrogen-bond donors (Lipinski definition) is 6. The SMILES string of the molecule is O=C(/C=C/c1ccc(O)c(O)c1)OC[C@H]1O[C@@H](Oc2ccc(O)cc2)[C@H](O)[C@@H](O)[C@@H]1O. The summed E-state index contributed by atoms with van der Waals surface area (Å²) in [5.41, 5.74) is 0.433. The summed E-state index contributed by atoms with van der Waals surface area (Å²) in [6.45, 7) is -0.440. The van der Waals surface area contributed by atoms with Crippen LogP contribution in [-0.2, 0) is 14.3 Å². The molecule has 0 bridgehead atoms. The number of rotatable bonds is 6. The lowest BCUT2D eigenvalue weighted by atomic mass is 9.99. The first kappa shape index (κ1) is 22.4. The maximum Gasteiger partial charge on any atom is 0.330 e. The summed E-state index contributed by atoms with van der Waals surface area (Å²) >= 11 is 0. The number of ether oxygens (including phenoxy) is 3. The Morgan fingerprint density at radius 1 is 0.935 bits per heavy atom. The van der Waals surface area contributed by atoms with Crippen molar-refractivity contribution in [3.63, 3.8) is 0 Å². The van der Waals surface area contributed by atoms with Gasteiger partial charge in [-0.3, -0.25) is 0 Å². The van der Waals surface area contributed by atoms with Gasteiger partial charge in [-0.2, -0.15) is 0 Å². The molecule has 6 N–H and O–H groups in total. The minimum absolute atomic E-state index is 0.00766. The molecule has 1 fully saturated rings. The Bertz CT molecular complexity index is 926. The van der Waals surface area contributed by atoms with Gasteiger partial charge in [-0.15, -0.1) is 0 Å². The Hall–Kier alpha value is -3.31. The van der Waals surface area contributed by atoms with Crippen LogP contribution >= 0.6 is 0 Å². The van der Waals surface area contributed by atoms with Crippen molar-refractivity contribution in [3.8, 4) is 23.0 Å². The van der Waals surface area contributed by atoms with Crippen LogP contribution in [0.15, 0.2) is 48.5 Å². The largest absolute Gasteiger partial charge is 0.508 e.